The number of nitrogens with one attached hydrogen (secondary N) is 2. The predicted molar refractivity (Wildman–Crippen MR) is 108 cm³/mol. The molecule has 0 aromatic heterocycles. The van der Waals surface area contributed by atoms with E-state index in [2.05, 4.69) is 76.2 Å². The minimum absolute atomic E-state index is 0.290. The molecule has 2 fully saturated rings. The van der Waals surface area contributed by atoms with Gasteiger partial charge in [-0.25, -0.2) is 0 Å². The second kappa shape index (κ2) is 8.81. The maximum Gasteiger partial charge on any atom is 0.0578 e. The molecule has 2 aliphatic rings. The molecule has 3 heteroatoms. The van der Waals surface area contributed by atoms with Crippen LogP contribution in [0, 0.1) is 0 Å². The van der Waals surface area contributed by atoms with E-state index in [4.69, 9.17) is 0 Å². The molecule has 1 aliphatic heterocycles. The normalized spacial score (nSPS) is 24.7. The van der Waals surface area contributed by atoms with Gasteiger partial charge in [-0.3, -0.25) is 4.90 Å². The van der Waals surface area contributed by atoms with Crippen LogP contribution in [0.2, 0.25) is 0 Å². The van der Waals surface area contributed by atoms with Gasteiger partial charge in [0.05, 0.1) is 6.04 Å². The van der Waals surface area contributed by atoms with Gasteiger partial charge >= 0.3 is 0 Å². The lowest BCUT2D eigenvalue weighted by molar-refractivity contribution is 0.127. The highest BCUT2D eigenvalue weighted by molar-refractivity contribution is 5.31. The molecule has 2 N–H and O–H groups in total. The number of nitrogens with zero attached hydrogens (tertiary/aromatic N) is 1. The van der Waals surface area contributed by atoms with Crippen LogP contribution in [0.4, 0.5) is 0 Å². The number of hydrogen-bond donors (Lipinski definition) is 2. The average molecular weight is 350 g/mol. The highest BCUT2D eigenvalue weighted by Crippen LogP contribution is 2.28. The van der Waals surface area contributed by atoms with Crippen LogP contribution in [0.3, 0.4) is 0 Å². The zero-order valence-corrected chi connectivity index (χ0v) is 15.6. The third-order valence-corrected chi connectivity index (χ3v) is 6.03. The van der Waals surface area contributed by atoms with Gasteiger partial charge in [-0.05, 0) is 36.8 Å². The fraction of sp³-hybridized carbons (Fsp3) is 0.478. The van der Waals surface area contributed by atoms with E-state index < -0.39 is 0 Å². The first-order valence-corrected chi connectivity index (χ1v) is 10.2. The molecule has 2 aromatic rings. The van der Waals surface area contributed by atoms with Crippen LogP contribution in [0.5, 0.6) is 0 Å². The summed E-state index contributed by atoms with van der Waals surface area (Å²) in [6.07, 6.45) is 5.22. The Balaban J connectivity index is 1.41. The Morgan fingerprint density at radius 1 is 0.769 bits per heavy atom. The van der Waals surface area contributed by atoms with Crippen molar-refractivity contribution in [2.75, 3.05) is 26.2 Å². The standard InChI is InChI=1S/C23H31N3/c1-3-7-19(8-4-1)23(20-9-5-2-6-10-20)25-21-11-13-22(14-12-21)26-17-15-24-16-18-26/h1-10,21-25H,11-18H2. The summed E-state index contributed by atoms with van der Waals surface area (Å²) >= 11 is 0. The van der Waals surface area contributed by atoms with Gasteiger partial charge in [0.25, 0.3) is 0 Å². The SMILES string of the molecule is c1ccc(C(NC2CCC(N3CCNCC3)CC2)c2ccccc2)cc1. The monoisotopic (exact) mass is 349 g/mol. The second-order valence-electron chi connectivity index (χ2n) is 7.71. The van der Waals surface area contributed by atoms with Crippen molar-refractivity contribution in [2.24, 2.45) is 0 Å². The van der Waals surface area contributed by atoms with Gasteiger partial charge in [0.15, 0.2) is 0 Å². The van der Waals surface area contributed by atoms with E-state index in [1.54, 1.807) is 0 Å². The van der Waals surface area contributed by atoms with Crippen molar-refractivity contribution < 1.29 is 0 Å². The summed E-state index contributed by atoms with van der Waals surface area (Å²) < 4.78 is 0. The van der Waals surface area contributed by atoms with Crippen LogP contribution < -0.4 is 10.6 Å². The molecule has 1 saturated carbocycles. The van der Waals surface area contributed by atoms with Crippen LogP contribution in [0.25, 0.3) is 0 Å². The molecule has 0 amide bonds. The van der Waals surface area contributed by atoms with Crippen LogP contribution in [-0.2, 0) is 0 Å². The maximum atomic E-state index is 3.98. The summed E-state index contributed by atoms with van der Waals surface area (Å²) in [7, 11) is 0. The van der Waals surface area contributed by atoms with Crippen LogP contribution in [0.1, 0.15) is 42.9 Å². The lowest BCUT2D eigenvalue weighted by Gasteiger charge is -2.40. The zero-order valence-electron chi connectivity index (χ0n) is 15.6. The third-order valence-electron chi connectivity index (χ3n) is 6.03. The fourth-order valence-electron chi connectivity index (χ4n) is 4.57. The fourth-order valence-corrected chi connectivity index (χ4v) is 4.57. The lowest BCUT2D eigenvalue weighted by atomic mass is 9.88. The molecule has 0 spiro atoms. The molecule has 4 rings (SSSR count). The van der Waals surface area contributed by atoms with Crippen LogP contribution >= 0.6 is 0 Å². The van der Waals surface area contributed by atoms with Crippen molar-refractivity contribution in [3.63, 3.8) is 0 Å². The molecule has 1 aliphatic carbocycles. The summed E-state index contributed by atoms with van der Waals surface area (Å²) in [5.74, 6) is 0. The van der Waals surface area contributed by atoms with Gasteiger partial charge in [0, 0.05) is 38.3 Å². The van der Waals surface area contributed by atoms with E-state index in [1.807, 2.05) is 0 Å². The molecular formula is C23H31N3. The predicted octanol–water partition coefficient (Wildman–Crippen LogP) is 3.58. The Kier molecular flexibility index (Phi) is 6.00. The Morgan fingerprint density at radius 2 is 1.31 bits per heavy atom. The topological polar surface area (TPSA) is 27.3 Å². The Morgan fingerprint density at radius 3 is 1.85 bits per heavy atom. The lowest BCUT2D eigenvalue weighted by Crippen LogP contribution is -2.50. The van der Waals surface area contributed by atoms with E-state index in [1.165, 1.54) is 49.9 Å². The summed E-state index contributed by atoms with van der Waals surface area (Å²) in [4.78, 5) is 2.71. The smallest absolute Gasteiger partial charge is 0.0578 e. The summed E-state index contributed by atoms with van der Waals surface area (Å²) in [5.41, 5.74) is 2.73. The van der Waals surface area contributed by atoms with Crippen LogP contribution in [0.15, 0.2) is 60.7 Å². The number of piperazine rings is 1. The highest BCUT2D eigenvalue weighted by atomic mass is 15.2. The Hall–Kier alpha value is -1.68. The summed E-state index contributed by atoms with van der Waals surface area (Å²) in [6.45, 7) is 4.75. The van der Waals surface area contributed by atoms with E-state index >= 15 is 0 Å². The van der Waals surface area contributed by atoms with Gasteiger partial charge in [0.2, 0.25) is 0 Å². The minimum Gasteiger partial charge on any atom is -0.314 e. The van der Waals surface area contributed by atoms with Crippen molar-refractivity contribution in [3.05, 3.63) is 71.8 Å². The first kappa shape index (κ1) is 17.7. The molecule has 2 aromatic carbocycles. The number of hydrogen-bond acceptors (Lipinski definition) is 3. The van der Waals surface area contributed by atoms with Gasteiger partial charge in [0.1, 0.15) is 0 Å². The molecule has 3 nitrogen and oxygen atoms in total. The maximum absolute atomic E-state index is 3.98. The van der Waals surface area contributed by atoms with Gasteiger partial charge in [-0.2, -0.15) is 0 Å². The number of rotatable bonds is 5. The summed E-state index contributed by atoms with van der Waals surface area (Å²) in [6, 6.07) is 23.5. The van der Waals surface area contributed by atoms with Crippen molar-refractivity contribution in [1.29, 1.82) is 0 Å². The molecule has 1 saturated heterocycles. The zero-order chi connectivity index (χ0) is 17.6. The van der Waals surface area contributed by atoms with Gasteiger partial charge in [-0.15, -0.1) is 0 Å². The molecular weight excluding hydrogens is 318 g/mol. The molecule has 0 atom stereocenters. The molecule has 0 bridgehead atoms. The first-order chi connectivity index (χ1) is 12.9. The Bertz CT molecular complexity index is 604. The van der Waals surface area contributed by atoms with Crippen molar-refractivity contribution >= 4 is 0 Å². The summed E-state index contributed by atoms with van der Waals surface area (Å²) in [5, 5.41) is 7.45. The minimum atomic E-state index is 0.290. The largest absolute Gasteiger partial charge is 0.314 e. The molecule has 1 heterocycles. The third kappa shape index (κ3) is 4.35. The average Bonchev–Trinajstić information content (AvgIpc) is 2.74. The first-order valence-electron chi connectivity index (χ1n) is 10.2. The number of benzene rings is 2. The van der Waals surface area contributed by atoms with Crippen molar-refractivity contribution in [3.8, 4) is 0 Å². The molecule has 26 heavy (non-hydrogen) atoms. The van der Waals surface area contributed by atoms with Crippen molar-refractivity contribution in [1.82, 2.24) is 15.5 Å². The highest BCUT2D eigenvalue weighted by Gasteiger charge is 2.28. The molecule has 0 unspecified atom stereocenters. The van der Waals surface area contributed by atoms with Gasteiger partial charge in [-0.1, -0.05) is 60.7 Å². The van der Waals surface area contributed by atoms with Crippen LogP contribution in [-0.4, -0.2) is 43.2 Å². The Labute approximate surface area is 157 Å². The molecule has 138 valence electrons. The van der Waals surface area contributed by atoms with Crippen molar-refractivity contribution in [2.45, 2.75) is 43.8 Å². The van der Waals surface area contributed by atoms with Gasteiger partial charge < -0.3 is 10.6 Å². The van der Waals surface area contributed by atoms with E-state index in [0.29, 0.717) is 6.04 Å². The quantitative estimate of drug-likeness (QED) is 0.864. The van der Waals surface area contributed by atoms with E-state index in [9.17, 15) is 0 Å². The second-order valence-corrected chi connectivity index (χ2v) is 7.71. The van der Waals surface area contributed by atoms with E-state index in [0.717, 1.165) is 19.1 Å². The van der Waals surface area contributed by atoms with E-state index in [-0.39, 0.29) is 6.04 Å². The molecule has 0 radical (unpaired) electrons.